The number of carbonyl (C=O) groups excluding carboxylic acids is 2. The van der Waals surface area contributed by atoms with E-state index in [1.54, 1.807) is 42.5 Å². The predicted octanol–water partition coefficient (Wildman–Crippen LogP) is 4.76. The molecule has 0 atom stereocenters. The monoisotopic (exact) mass is 413 g/mol. The Labute approximate surface area is 179 Å². The fourth-order valence-electron chi connectivity index (χ4n) is 3.19. The Hall–Kier alpha value is -4.00. The highest BCUT2D eigenvalue weighted by Crippen LogP contribution is 2.25. The Bertz CT molecular complexity index is 1250. The minimum Gasteiger partial charge on any atom is -0.320 e. The van der Waals surface area contributed by atoms with Crippen molar-refractivity contribution in [1.82, 2.24) is 15.4 Å². The largest absolute Gasteiger partial charge is 0.320 e. The second-order valence-electron chi connectivity index (χ2n) is 8.31. The average molecular weight is 413 g/mol. The Kier molecular flexibility index (Phi) is 5.25. The molecule has 4 rings (SSSR count). The Morgan fingerprint density at radius 3 is 1.90 bits per heavy atom. The van der Waals surface area contributed by atoms with Crippen LogP contribution in [0.25, 0.3) is 11.0 Å². The van der Waals surface area contributed by atoms with E-state index < -0.39 is 0 Å². The number of para-hydroxylation sites is 2. The molecule has 0 aliphatic rings. The average Bonchev–Trinajstić information content (AvgIpc) is 3.22. The van der Waals surface area contributed by atoms with Gasteiger partial charge in [-0.15, -0.1) is 0 Å². The van der Waals surface area contributed by atoms with Gasteiger partial charge in [0.25, 0.3) is 11.8 Å². The van der Waals surface area contributed by atoms with E-state index in [2.05, 4.69) is 46.8 Å². The van der Waals surface area contributed by atoms with Crippen LogP contribution < -0.4 is 10.6 Å². The summed E-state index contributed by atoms with van der Waals surface area (Å²) in [5.41, 5.74) is 4.47. The van der Waals surface area contributed by atoms with Crippen molar-refractivity contribution in [2.24, 2.45) is 0 Å². The lowest BCUT2D eigenvalue weighted by Crippen LogP contribution is -2.17. The van der Waals surface area contributed by atoms with Crippen LogP contribution in [0.4, 0.5) is 11.4 Å². The van der Waals surface area contributed by atoms with Crippen molar-refractivity contribution < 1.29 is 9.59 Å². The first-order chi connectivity index (χ1) is 14.8. The van der Waals surface area contributed by atoms with Crippen LogP contribution >= 0.6 is 0 Å². The number of anilines is 2. The molecule has 7 heteroatoms. The highest BCUT2D eigenvalue weighted by atomic mass is 16.2. The minimum atomic E-state index is -0.305. The lowest BCUT2D eigenvalue weighted by molar-refractivity contribution is 0.101. The zero-order valence-corrected chi connectivity index (χ0v) is 17.6. The van der Waals surface area contributed by atoms with Crippen molar-refractivity contribution in [3.63, 3.8) is 0 Å². The van der Waals surface area contributed by atoms with Gasteiger partial charge in [-0.3, -0.25) is 9.59 Å². The van der Waals surface area contributed by atoms with Crippen molar-refractivity contribution in [1.29, 1.82) is 0 Å². The number of benzene rings is 3. The van der Waals surface area contributed by atoms with Gasteiger partial charge in [0.1, 0.15) is 11.0 Å². The number of aromatic amines is 1. The number of hydrogen-bond acceptors (Lipinski definition) is 4. The van der Waals surface area contributed by atoms with E-state index in [0.717, 1.165) is 5.56 Å². The van der Waals surface area contributed by atoms with Crippen molar-refractivity contribution >= 4 is 34.2 Å². The summed E-state index contributed by atoms with van der Waals surface area (Å²) in [6, 6.07) is 19.7. The molecule has 156 valence electrons. The van der Waals surface area contributed by atoms with Crippen LogP contribution in [0.5, 0.6) is 0 Å². The van der Waals surface area contributed by atoms with E-state index >= 15 is 0 Å². The molecular formula is C24H23N5O2. The lowest BCUT2D eigenvalue weighted by atomic mass is 9.87. The molecule has 0 saturated heterocycles. The summed E-state index contributed by atoms with van der Waals surface area (Å²) < 4.78 is 0. The second kappa shape index (κ2) is 8.02. The molecular weight excluding hydrogens is 390 g/mol. The zero-order chi connectivity index (χ0) is 22.0. The molecule has 0 aliphatic heterocycles. The van der Waals surface area contributed by atoms with Gasteiger partial charge in [-0.05, 0) is 53.4 Å². The molecule has 1 heterocycles. The normalized spacial score (nSPS) is 11.3. The summed E-state index contributed by atoms with van der Waals surface area (Å²) in [5, 5.41) is 16.3. The van der Waals surface area contributed by atoms with Gasteiger partial charge in [0.05, 0.1) is 11.4 Å². The number of amides is 2. The molecule has 4 aromatic rings. The fraction of sp³-hybridized carbons (Fsp3) is 0.167. The number of fused-ring (bicyclic) bond motifs is 1. The molecule has 0 bridgehead atoms. The van der Waals surface area contributed by atoms with E-state index in [4.69, 9.17) is 0 Å². The first-order valence-corrected chi connectivity index (χ1v) is 9.94. The molecule has 0 unspecified atom stereocenters. The van der Waals surface area contributed by atoms with E-state index in [9.17, 15) is 9.59 Å². The highest BCUT2D eigenvalue weighted by molar-refractivity contribution is 6.10. The molecule has 0 radical (unpaired) electrons. The lowest BCUT2D eigenvalue weighted by Gasteiger charge is -2.19. The molecule has 2 amide bonds. The number of rotatable bonds is 4. The van der Waals surface area contributed by atoms with Gasteiger partial charge in [-0.25, -0.2) is 0 Å². The third-order valence-corrected chi connectivity index (χ3v) is 5.02. The van der Waals surface area contributed by atoms with Crippen LogP contribution in [0.3, 0.4) is 0 Å². The number of carbonyl (C=O) groups is 2. The summed E-state index contributed by atoms with van der Waals surface area (Å²) in [6.07, 6.45) is 0. The molecule has 7 nitrogen and oxygen atoms in total. The maximum Gasteiger partial charge on any atom is 0.255 e. The number of aromatic nitrogens is 3. The van der Waals surface area contributed by atoms with Gasteiger partial charge in [0.15, 0.2) is 0 Å². The van der Waals surface area contributed by atoms with E-state index in [0.29, 0.717) is 33.5 Å². The van der Waals surface area contributed by atoms with E-state index in [1.807, 2.05) is 24.3 Å². The minimum absolute atomic E-state index is 0.0148. The number of H-pyrrole nitrogens is 1. The third-order valence-electron chi connectivity index (χ3n) is 5.02. The summed E-state index contributed by atoms with van der Waals surface area (Å²) in [4.78, 5) is 25.5. The van der Waals surface area contributed by atoms with Crippen LogP contribution in [0, 0.1) is 0 Å². The molecule has 3 aromatic carbocycles. The van der Waals surface area contributed by atoms with Crippen molar-refractivity contribution in [3.8, 4) is 0 Å². The van der Waals surface area contributed by atoms with Gasteiger partial charge < -0.3 is 10.6 Å². The first-order valence-electron chi connectivity index (χ1n) is 9.94. The molecule has 1 aromatic heterocycles. The molecule has 0 saturated carbocycles. The van der Waals surface area contributed by atoms with Gasteiger partial charge in [0, 0.05) is 11.1 Å². The van der Waals surface area contributed by atoms with Crippen LogP contribution in [-0.2, 0) is 5.41 Å². The van der Waals surface area contributed by atoms with Crippen molar-refractivity contribution in [2.45, 2.75) is 26.2 Å². The van der Waals surface area contributed by atoms with Crippen LogP contribution in [0.15, 0.2) is 66.7 Å². The topological polar surface area (TPSA) is 99.8 Å². The van der Waals surface area contributed by atoms with Gasteiger partial charge >= 0.3 is 0 Å². The standard InChI is InChI=1S/C24H23N5O2/c1-24(2,3)17-11-8-15(9-12-17)22(30)25-18-6-4-5-7-19(18)26-23(31)16-10-13-20-21(14-16)28-29-27-20/h4-14H,1-3H3,(H,25,30)(H,26,31)(H,27,28,29). The van der Waals surface area contributed by atoms with Crippen LogP contribution in [0.1, 0.15) is 47.1 Å². The summed E-state index contributed by atoms with van der Waals surface area (Å²) in [5.74, 6) is -0.549. The van der Waals surface area contributed by atoms with Crippen molar-refractivity contribution in [3.05, 3.63) is 83.4 Å². The smallest absolute Gasteiger partial charge is 0.255 e. The molecule has 3 N–H and O–H groups in total. The Morgan fingerprint density at radius 2 is 1.29 bits per heavy atom. The van der Waals surface area contributed by atoms with E-state index in [-0.39, 0.29) is 17.2 Å². The molecule has 0 aliphatic carbocycles. The van der Waals surface area contributed by atoms with Crippen LogP contribution in [0.2, 0.25) is 0 Å². The van der Waals surface area contributed by atoms with Gasteiger partial charge in [-0.1, -0.05) is 45.0 Å². The summed E-state index contributed by atoms with van der Waals surface area (Å²) >= 11 is 0. The number of hydrogen-bond donors (Lipinski definition) is 3. The third kappa shape index (κ3) is 4.45. The van der Waals surface area contributed by atoms with E-state index in [1.165, 1.54) is 0 Å². The Morgan fingerprint density at radius 1 is 0.742 bits per heavy atom. The van der Waals surface area contributed by atoms with Gasteiger partial charge in [-0.2, -0.15) is 15.4 Å². The van der Waals surface area contributed by atoms with Gasteiger partial charge in [0.2, 0.25) is 0 Å². The molecule has 0 fully saturated rings. The second-order valence-corrected chi connectivity index (χ2v) is 8.31. The molecule has 31 heavy (non-hydrogen) atoms. The number of nitrogens with one attached hydrogen (secondary N) is 3. The zero-order valence-electron chi connectivity index (χ0n) is 17.6. The quantitative estimate of drug-likeness (QED) is 0.449. The Balaban J connectivity index is 1.51. The summed E-state index contributed by atoms with van der Waals surface area (Å²) in [6.45, 7) is 6.38. The molecule has 0 spiro atoms. The maximum absolute atomic E-state index is 12.8. The fourth-order valence-corrected chi connectivity index (χ4v) is 3.19. The van der Waals surface area contributed by atoms with Crippen molar-refractivity contribution in [2.75, 3.05) is 10.6 Å². The van der Waals surface area contributed by atoms with Crippen LogP contribution in [-0.4, -0.2) is 27.2 Å². The number of nitrogens with zero attached hydrogens (tertiary/aromatic N) is 2. The predicted molar refractivity (Wildman–Crippen MR) is 121 cm³/mol. The summed E-state index contributed by atoms with van der Waals surface area (Å²) in [7, 11) is 0. The highest BCUT2D eigenvalue weighted by Gasteiger charge is 2.16. The maximum atomic E-state index is 12.8. The first kappa shape index (κ1) is 20.3. The SMILES string of the molecule is CC(C)(C)c1ccc(C(=O)Nc2ccccc2NC(=O)c2ccc3n[nH]nc3c2)cc1.